The number of alkyl halides is 3. The third-order valence-corrected chi connectivity index (χ3v) is 4.10. The molecule has 0 aliphatic rings. The molecule has 0 aliphatic carbocycles. The van der Waals surface area contributed by atoms with Crippen molar-refractivity contribution in [3.8, 4) is 6.07 Å². The molecule has 126 valence electrons. The van der Waals surface area contributed by atoms with Crippen LogP contribution < -0.4 is 4.72 Å². The van der Waals surface area contributed by atoms with Gasteiger partial charge >= 0.3 is 6.18 Å². The summed E-state index contributed by atoms with van der Waals surface area (Å²) in [5, 5.41) is 8.66. The molecule has 1 amide bonds. The van der Waals surface area contributed by atoms with E-state index in [1.54, 1.807) is 4.72 Å². The van der Waals surface area contributed by atoms with Gasteiger partial charge in [0, 0.05) is 20.1 Å². The van der Waals surface area contributed by atoms with Crippen LogP contribution in [0.2, 0.25) is 0 Å². The number of carbonyl (C=O) groups is 1. The van der Waals surface area contributed by atoms with E-state index in [4.69, 9.17) is 10.00 Å². The summed E-state index contributed by atoms with van der Waals surface area (Å²) in [6.45, 7) is 0.239. The summed E-state index contributed by atoms with van der Waals surface area (Å²) in [5.41, 5.74) is -2.09. The van der Waals surface area contributed by atoms with E-state index >= 15 is 0 Å². The summed E-state index contributed by atoms with van der Waals surface area (Å²) >= 11 is 0. The first kappa shape index (κ1) is 18.9. The number of sulfonamides is 1. The Morgan fingerprint density at radius 1 is 1.39 bits per heavy atom. The molecule has 0 fully saturated rings. The molecule has 1 N–H and O–H groups in total. The molecular weight excluding hydrogens is 337 g/mol. The number of benzene rings is 1. The number of carbonyl (C=O) groups excluding carboxylic acids is 1. The van der Waals surface area contributed by atoms with Gasteiger partial charge in [-0.2, -0.15) is 18.4 Å². The Morgan fingerprint density at radius 2 is 2.04 bits per heavy atom. The molecule has 0 heterocycles. The lowest BCUT2D eigenvalue weighted by Crippen LogP contribution is -2.30. The van der Waals surface area contributed by atoms with Gasteiger partial charge in [-0.1, -0.05) is 0 Å². The average molecular weight is 350 g/mol. The quantitative estimate of drug-likeness (QED) is 0.789. The van der Waals surface area contributed by atoms with Gasteiger partial charge in [-0.05, 0) is 24.6 Å². The van der Waals surface area contributed by atoms with E-state index in [-0.39, 0.29) is 19.4 Å². The molecule has 0 aliphatic heterocycles. The topological polar surface area (TPSA) is 96.3 Å². The van der Waals surface area contributed by atoms with Gasteiger partial charge in [0.05, 0.1) is 22.1 Å². The Labute approximate surface area is 130 Å². The molecule has 0 saturated carbocycles. The van der Waals surface area contributed by atoms with E-state index in [1.165, 1.54) is 13.2 Å². The highest BCUT2D eigenvalue weighted by molar-refractivity contribution is 7.90. The molecule has 1 rings (SSSR count). The Hall–Kier alpha value is -2.12. The number of halogens is 3. The van der Waals surface area contributed by atoms with Crippen molar-refractivity contribution in [2.75, 3.05) is 13.7 Å². The second-order valence-corrected chi connectivity index (χ2v) is 6.12. The van der Waals surface area contributed by atoms with Crippen LogP contribution >= 0.6 is 0 Å². The molecule has 1 aromatic rings. The fourth-order valence-electron chi connectivity index (χ4n) is 1.66. The van der Waals surface area contributed by atoms with Crippen molar-refractivity contribution in [2.24, 2.45) is 0 Å². The van der Waals surface area contributed by atoms with Crippen molar-refractivity contribution in [3.63, 3.8) is 0 Å². The molecule has 0 aromatic heterocycles. The predicted octanol–water partition coefficient (Wildman–Crippen LogP) is 1.81. The molecule has 0 atom stereocenters. The number of amides is 1. The van der Waals surface area contributed by atoms with Crippen LogP contribution in [0.1, 0.15) is 24.0 Å². The fourth-order valence-corrected chi connectivity index (χ4v) is 2.70. The second kappa shape index (κ2) is 7.43. The van der Waals surface area contributed by atoms with Gasteiger partial charge in [0.2, 0.25) is 5.91 Å². The van der Waals surface area contributed by atoms with Crippen molar-refractivity contribution < 1.29 is 31.1 Å². The number of hydrogen-bond acceptors (Lipinski definition) is 5. The normalized spacial score (nSPS) is 11.8. The maximum Gasteiger partial charge on any atom is 0.417 e. The zero-order chi connectivity index (χ0) is 17.7. The van der Waals surface area contributed by atoms with E-state index in [1.807, 2.05) is 0 Å². The molecular formula is C13H13F3N2O4S. The van der Waals surface area contributed by atoms with Crippen LogP contribution in [0.5, 0.6) is 0 Å². The zero-order valence-electron chi connectivity index (χ0n) is 12.0. The Morgan fingerprint density at radius 3 is 2.57 bits per heavy atom. The van der Waals surface area contributed by atoms with Gasteiger partial charge in [-0.3, -0.25) is 4.79 Å². The largest absolute Gasteiger partial charge is 0.417 e. The van der Waals surface area contributed by atoms with Gasteiger partial charge < -0.3 is 4.74 Å². The lowest BCUT2D eigenvalue weighted by molar-refractivity contribution is -0.137. The van der Waals surface area contributed by atoms with E-state index in [0.717, 1.165) is 12.1 Å². The second-order valence-electron chi connectivity index (χ2n) is 4.44. The van der Waals surface area contributed by atoms with Crippen LogP contribution in [0, 0.1) is 11.3 Å². The minimum Gasteiger partial charge on any atom is -0.385 e. The lowest BCUT2D eigenvalue weighted by atomic mass is 10.1. The number of nitrogens with one attached hydrogen (secondary N) is 1. The maximum absolute atomic E-state index is 12.8. The molecule has 0 saturated heterocycles. The highest BCUT2D eigenvalue weighted by atomic mass is 32.2. The summed E-state index contributed by atoms with van der Waals surface area (Å²) in [5.74, 6) is -0.861. The molecule has 0 bridgehead atoms. The third-order valence-electron chi connectivity index (χ3n) is 2.73. The highest BCUT2D eigenvalue weighted by Gasteiger charge is 2.35. The summed E-state index contributed by atoms with van der Waals surface area (Å²) in [6, 6.07) is 3.24. The minimum absolute atomic E-state index is 0.157. The van der Waals surface area contributed by atoms with Crippen molar-refractivity contribution >= 4 is 15.9 Å². The van der Waals surface area contributed by atoms with E-state index in [2.05, 4.69) is 0 Å². The van der Waals surface area contributed by atoms with Crippen LogP contribution in [0.4, 0.5) is 13.2 Å². The van der Waals surface area contributed by atoms with Gasteiger partial charge in [0.25, 0.3) is 10.0 Å². The predicted molar refractivity (Wildman–Crippen MR) is 72.6 cm³/mol. The average Bonchev–Trinajstić information content (AvgIpc) is 2.45. The van der Waals surface area contributed by atoms with E-state index in [0.29, 0.717) is 6.07 Å². The fraction of sp³-hybridized carbons (Fsp3) is 0.385. The number of nitrogens with zero attached hydrogens (tertiary/aromatic N) is 1. The standard InChI is InChI=1S/C13H13F3N2O4S/c1-22-6-2-3-12(19)18-23(20,21)10-5-4-9(8-17)11(7-10)13(14,15)16/h4-5,7H,2-3,6H2,1H3,(H,18,19). The van der Waals surface area contributed by atoms with Gasteiger partial charge in [-0.25, -0.2) is 13.1 Å². The Kier molecular flexibility index (Phi) is 6.12. The van der Waals surface area contributed by atoms with Crippen LogP contribution in [0.25, 0.3) is 0 Å². The number of rotatable bonds is 6. The summed E-state index contributed by atoms with van der Waals surface area (Å²) in [4.78, 5) is 10.7. The molecule has 0 unspecified atom stereocenters. The van der Waals surface area contributed by atoms with Crippen LogP contribution in [0.15, 0.2) is 23.1 Å². The number of nitriles is 1. The molecule has 23 heavy (non-hydrogen) atoms. The first-order valence-corrected chi connectivity index (χ1v) is 7.76. The van der Waals surface area contributed by atoms with Gasteiger partial charge in [-0.15, -0.1) is 0 Å². The summed E-state index contributed by atoms with van der Waals surface area (Å²) in [7, 11) is -3.05. The third kappa shape index (κ3) is 5.22. The molecule has 1 aromatic carbocycles. The van der Waals surface area contributed by atoms with E-state index < -0.39 is 38.1 Å². The summed E-state index contributed by atoms with van der Waals surface area (Å²) in [6.07, 6.45) is -4.78. The smallest absolute Gasteiger partial charge is 0.385 e. The molecule has 0 spiro atoms. The Balaban J connectivity index is 3.06. The summed E-state index contributed by atoms with van der Waals surface area (Å²) < 4.78 is 68.7. The number of ether oxygens (including phenoxy) is 1. The SMILES string of the molecule is COCCCC(=O)NS(=O)(=O)c1ccc(C#N)c(C(F)(F)F)c1. The van der Waals surface area contributed by atoms with Gasteiger partial charge in [0.15, 0.2) is 0 Å². The van der Waals surface area contributed by atoms with Crippen molar-refractivity contribution in [2.45, 2.75) is 23.9 Å². The zero-order valence-corrected chi connectivity index (χ0v) is 12.8. The van der Waals surface area contributed by atoms with Crippen molar-refractivity contribution in [1.82, 2.24) is 4.72 Å². The van der Waals surface area contributed by atoms with Crippen LogP contribution in [-0.4, -0.2) is 28.0 Å². The van der Waals surface area contributed by atoms with Gasteiger partial charge in [0.1, 0.15) is 0 Å². The van der Waals surface area contributed by atoms with E-state index in [9.17, 15) is 26.4 Å². The molecule has 6 nitrogen and oxygen atoms in total. The first-order chi connectivity index (χ1) is 10.6. The molecule has 10 heteroatoms. The van der Waals surface area contributed by atoms with Crippen LogP contribution in [0.3, 0.4) is 0 Å². The molecule has 0 radical (unpaired) electrons. The van der Waals surface area contributed by atoms with Crippen LogP contribution in [-0.2, 0) is 25.7 Å². The first-order valence-electron chi connectivity index (χ1n) is 6.27. The minimum atomic E-state index is -4.89. The Bertz CT molecular complexity index is 724. The number of hydrogen-bond donors (Lipinski definition) is 1. The lowest BCUT2D eigenvalue weighted by Gasteiger charge is -2.12. The maximum atomic E-state index is 12.8. The van der Waals surface area contributed by atoms with Crippen molar-refractivity contribution in [1.29, 1.82) is 5.26 Å². The highest BCUT2D eigenvalue weighted by Crippen LogP contribution is 2.33. The number of methoxy groups -OCH3 is 1. The monoisotopic (exact) mass is 350 g/mol. The van der Waals surface area contributed by atoms with Crippen molar-refractivity contribution in [3.05, 3.63) is 29.3 Å².